The summed E-state index contributed by atoms with van der Waals surface area (Å²) < 4.78 is 22.6. The van der Waals surface area contributed by atoms with Crippen molar-refractivity contribution in [1.29, 1.82) is 0 Å². The van der Waals surface area contributed by atoms with Crippen molar-refractivity contribution in [3.63, 3.8) is 0 Å². The molecular formula is C8H4BrClN2O4S. The van der Waals surface area contributed by atoms with E-state index in [1.807, 2.05) is 4.98 Å². The van der Waals surface area contributed by atoms with Crippen LogP contribution in [0, 0.1) is 0 Å². The van der Waals surface area contributed by atoms with Crippen LogP contribution in [0.5, 0.6) is 0 Å². The molecule has 1 aromatic heterocycles. The van der Waals surface area contributed by atoms with Crippen molar-refractivity contribution < 1.29 is 8.42 Å². The van der Waals surface area contributed by atoms with Crippen LogP contribution >= 0.6 is 26.6 Å². The Balaban J connectivity index is 3.03. The van der Waals surface area contributed by atoms with Crippen LogP contribution in [-0.4, -0.2) is 18.4 Å². The average Bonchev–Trinajstić information content (AvgIpc) is 2.17. The molecule has 0 fully saturated rings. The zero-order chi connectivity index (χ0) is 12.8. The molecule has 2 aromatic rings. The number of nitrogens with one attached hydrogen (secondary N) is 2. The molecular weight excluding hydrogens is 336 g/mol. The molecule has 0 saturated carbocycles. The second kappa shape index (κ2) is 3.97. The molecule has 6 nitrogen and oxygen atoms in total. The number of H-pyrrole nitrogens is 2. The predicted molar refractivity (Wildman–Crippen MR) is 65.9 cm³/mol. The van der Waals surface area contributed by atoms with Gasteiger partial charge in [0.1, 0.15) is 0 Å². The Hall–Kier alpha value is -1.12. The van der Waals surface area contributed by atoms with Gasteiger partial charge in [-0.1, -0.05) is 0 Å². The van der Waals surface area contributed by atoms with E-state index in [-0.39, 0.29) is 20.3 Å². The SMILES string of the molecule is O=c1[nH]c(=O)c2cc(S(=O)(=O)Cl)cc(Br)c2[nH]1. The van der Waals surface area contributed by atoms with Crippen molar-refractivity contribution in [2.24, 2.45) is 0 Å². The van der Waals surface area contributed by atoms with Crippen molar-refractivity contribution in [2.45, 2.75) is 4.90 Å². The minimum Gasteiger partial charge on any atom is -0.306 e. The van der Waals surface area contributed by atoms with Gasteiger partial charge < -0.3 is 4.98 Å². The molecule has 0 atom stereocenters. The maximum atomic E-state index is 11.5. The molecule has 0 unspecified atom stereocenters. The number of hydrogen-bond donors (Lipinski definition) is 2. The highest BCUT2D eigenvalue weighted by Gasteiger charge is 2.14. The largest absolute Gasteiger partial charge is 0.326 e. The first kappa shape index (κ1) is 12.3. The molecule has 0 amide bonds. The summed E-state index contributed by atoms with van der Waals surface area (Å²) in [7, 11) is 1.24. The molecule has 2 N–H and O–H groups in total. The molecule has 1 aromatic carbocycles. The van der Waals surface area contributed by atoms with Crippen LogP contribution in [0.3, 0.4) is 0 Å². The van der Waals surface area contributed by atoms with E-state index in [1.165, 1.54) is 6.07 Å². The highest BCUT2D eigenvalue weighted by Crippen LogP contribution is 2.25. The fraction of sp³-hybridized carbons (Fsp3) is 0. The Labute approximate surface area is 107 Å². The lowest BCUT2D eigenvalue weighted by Gasteiger charge is -2.02. The normalized spacial score (nSPS) is 11.9. The zero-order valence-corrected chi connectivity index (χ0v) is 11.1. The molecule has 90 valence electrons. The van der Waals surface area contributed by atoms with Crippen LogP contribution < -0.4 is 11.2 Å². The molecule has 1 heterocycles. The second-order valence-corrected chi connectivity index (χ2v) is 6.59. The van der Waals surface area contributed by atoms with Crippen LogP contribution in [0.25, 0.3) is 10.9 Å². The molecule has 0 aliphatic heterocycles. The number of fused-ring (bicyclic) bond motifs is 1. The number of hydrogen-bond acceptors (Lipinski definition) is 4. The third-order valence-corrected chi connectivity index (χ3v) is 4.01. The topological polar surface area (TPSA) is 99.9 Å². The maximum Gasteiger partial charge on any atom is 0.326 e. The molecule has 0 bridgehead atoms. The number of halogens is 2. The van der Waals surface area contributed by atoms with Gasteiger partial charge >= 0.3 is 5.69 Å². The van der Waals surface area contributed by atoms with E-state index in [9.17, 15) is 18.0 Å². The van der Waals surface area contributed by atoms with Gasteiger partial charge in [-0.2, -0.15) is 0 Å². The number of aromatic amines is 2. The average molecular weight is 340 g/mol. The molecule has 0 spiro atoms. The first-order valence-corrected chi connectivity index (χ1v) is 7.30. The molecule has 17 heavy (non-hydrogen) atoms. The predicted octanol–water partition coefficient (Wildman–Crippen LogP) is 0.906. The highest BCUT2D eigenvalue weighted by molar-refractivity contribution is 9.10. The summed E-state index contributed by atoms with van der Waals surface area (Å²) in [5.74, 6) is 0. The Morgan fingerprint density at radius 2 is 1.82 bits per heavy atom. The van der Waals surface area contributed by atoms with Gasteiger partial charge in [-0.15, -0.1) is 0 Å². The summed E-state index contributed by atoms with van der Waals surface area (Å²) in [6, 6.07) is 2.30. The molecule has 9 heteroatoms. The highest BCUT2D eigenvalue weighted by atomic mass is 79.9. The van der Waals surface area contributed by atoms with Gasteiger partial charge in [0.25, 0.3) is 14.6 Å². The van der Waals surface area contributed by atoms with E-state index in [1.54, 1.807) is 0 Å². The lowest BCUT2D eigenvalue weighted by atomic mass is 10.2. The third-order valence-electron chi connectivity index (χ3n) is 2.06. The maximum absolute atomic E-state index is 11.5. The van der Waals surface area contributed by atoms with Crippen molar-refractivity contribution >= 4 is 46.6 Å². The van der Waals surface area contributed by atoms with Crippen molar-refractivity contribution in [1.82, 2.24) is 9.97 Å². The lowest BCUT2D eigenvalue weighted by Crippen LogP contribution is -2.22. The Morgan fingerprint density at radius 1 is 1.18 bits per heavy atom. The second-order valence-electron chi connectivity index (χ2n) is 3.17. The monoisotopic (exact) mass is 338 g/mol. The quantitative estimate of drug-likeness (QED) is 0.754. The van der Waals surface area contributed by atoms with Gasteiger partial charge in [0.2, 0.25) is 0 Å². The lowest BCUT2D eigenvalue weighted by molar-refractivity contribution is 0.609. The fourth-order valence-electron chi connectivity index (χ4n) is 1.34. The van der Waals surface area contributed by atoms with E-state index >= 15 is 0 Å². The van der Waals surface area contributed by atoms with Crippen molar-refractivity contribution in [2.75, 3.05) is 0 Å². The Morgan fingerprint density at radius 3 is 2.41 bits per heavy atom. The van der Waals surface area contributed by atoms with Crippen LogP contribution in [0.2, 0.25) is 0 Å². The fourth-order valence-corrected chi connectivity index (χ4v) is 2.84. The first-order chi connectivity index (χ1) is 7.79. The molecule has 0 saturated heterocycles. The van der Waals surface area contributed by atoms with Gasteiger partial charge in [-0.25, -0.2) is 13.2 Å². The van der Waals surface area contributed by atoms with E-state index in [0.29, 0.717) is 0 Å². The number of aromatic nitrogens is 2. The summed E-state index contributed by atoms with van der Waals surface area (Å²) in [5, 5.41) is 0.0261. The molecule has 0 aliphatic carbocycles. The summed E-state index contributed by atoms with van der Waals surface area (Å²) in [4.78, 5) is 26.7. The van der Waals surface area contributed by atoms with E-state index < -0.39 is 20.3 Å². The van der Waals surface area contributed by atoms with Crippen molar-refractivity contribution in [3.05, 3.63) is 37.4 Å². The van der Waals surface area contributed by atoms with E-state index in [0.717, 1.165) is 6.07 Å². The van der Waals surface area contributed by atoms with Crippen LogP contribution in [0.1, 0.15) is 0 Å². The van der Waals surface area contributed by atoms with Gasteiger partial charge in [0.05, 0.1) is 15.8 Å². The summed E-state index contributed by atoms with van der Waals surface area (Å²) in [5.41, 5.74) is -1.15. The zero-order valence-electron chi connectivity index (χ0n) is 7.95. The van der Waals surface area contributed by atoms with Crippen LogP contribution in [-0.2, 0) is 9.05 Å². The third kappa shape index (κ3) is 2.28. The Bertz CT molecular complexity index is 824. The van der Waals surface area contributed by atoms with Crippen LogP contribution in [0.4, 0.5) is 0 Å². The molecule has 2 rings (SSSR count). The summed E-state index contributed by atoms with van der Waals surface area (Å²) in [6.45, 7) is 0. The standard InChI is InChI=1S/C8H4BrClN2O4S/c9-5-2-3(17(10,15)16)1-4-6(5)11-8(14)12-7(4)13/h1-2H,(H2,11,12,13,14). The van der Waals surface area contributed by atoms with Crippen LogP contribution in [0.15, 0.2) is 31.1 Å². The van der Waals surface area contributed by atoms with Gasteiger partial charge in [0.15, 0.2) is 0 Å². The van der Waals surface area contributed by atoms with E-state index in [4.69, 9.17) is 10.7 Å². The first-order valence-electron chi connectivity index (χ1n) is 4.19. The summed E-state index contributed by atoms with van der Waals surface area (Å²) in [6.07, 6.45) is 0. The summed E-state index contributed by atoms with van der Waals surface area (Å²) >= 11 is 3.06. The Kier molecular flexibility index (Phi) is 2.88. The van der Waals surface area contributed by atoms with E-state index in [2.05, 4.69) is 20.9 Å². The molecule has 0 radical (unpaired) electrons. The number of rotatable bonds is 1. The van der Waals surface area contributed by atoms with Gasteiger partial charge in [-0.3, -0.25) is 9.78 Å². The van der Waals surface area contributed by atoms with Gasteiger partial charge in [0, 0.05) is 15.2 Å². The van der Waals surface area contributed by atoms with Crippen molar-refractivity contribution in [3.8, 4) is 0 Å². The minimum atomic E-state index is -3.95. The number of benzene rings is 1. The minimum absolute atomic E-state index is 0.0261. The smallest absolute Gasteiger partial charge is 0.306 e. The molecule has 0 aliphatic rings. The van der Waals surface area contributed by atoms with Gasteiger partial charge in [-0.05, 0) is 28.1 Å².